The maximum Gasteiger partial charge on any atom is 0.218 e. The van der Waals surface area contributed by atoms with E-state index in [-0.39, 0.29) is 6.54 Å². The Hall–Kier alpha value is -0.910. The standard InChI is InChI=1S/C12H18N2O2S/c1-10-3-2-4-11(7-10)9-14-6-5-12(8-13)17(14,15)16/h2-4,7,12H,5-6,8-9,13H2,1H3/t12-/m0/s1. The third kappa shape index (κ3) is 2.51. The van der Waals surface area contributed by atoms with Crippen molar-refractivity contribution in [2.75, 3.05) is 13.1 Å². The number of aryl methyl sites for hydroxylation is 1. The van der Waals surface area contributed by atoms with Gasteiger partial charge in [-0.3, -0.25) is 0 Å². The Kier molecular flexibility index (Phi) is 3.51. The number of sulfonamides is 1. The molecule has 2 rings (SSSR count). The molecule has 0 bridgehead atoms. The first-order valence-corrected chi connectivity index (χ1v) is 7.29. The zero-order valence-corrected chi connectivity index (χ0v) is 10.8. The molecule has 1 aliphatic heterocycles. The predicted molar refractivity (Wildman–Crippen MR) is 68.0 cm³/mol. The molecule has 2 N–H and O–H groups in total. The molecule has 1 aromatic carbocycles. The highest BCUT2D eigenvalue weighted by Crippen LogP contribution is 2.23. The molecule has 0 spiro atoms. The van der Waals surface area contributed by atoms with Gasteiger partial charge in [-0.05, 0) is 18.9 Å². The number of rotatable bonds is 3. The first-order valence-electron chi connectivity index (χ1n) is 5.78. The normalized spacial score (nSPS) is 24.0. The fourth-order valence-electron chi connectivity index (χ4n) is 2.20. The van der Waals surface area contributed by atoms with E-state index in [1.165, 1.54) is 0 Å². The Morgan fingerprint density at radius 3 is 2.82 bits per heavy atom. The van der Waals surface area contributed by atoms with Gasteiger partial charge in [-0.1, -0.05) is 29.8 Å². The van der Waals surface area contributed by atoms with Crippen LogP contribution in [0.25, 0.3) is 0 Å². The summed E-state index contributed by atoms with van der Waals surface area (Å²) in [6.07, 6.45) is 0.644. The van der Waals surface area contributed by atoms with Crippen LogP contribution in [0.3, 0.4) is 0 Å². The number of nitrogens with zero attached hydrogens (tertiary/aromatic N) is 1. The van der Waals surface area contributed by atoms with E-state index < -0.39 is 15.3 Å². The third-order valence-corrected chi connectivity index (χ3v) is 5.49. The summed E-state index contributed by atoms with van der Waals surface area (Å²) in [7, 11) is -3.18. The lowest BCUT2D eigenvalue weighted by atomic mass is 10.1. The summed E-state index contributed by atoms with van der Waals surface area (Å²) in [5, 5.41) is -0.396. The van der Waals surface area contributed by atoms with Gasteiger partial charge in [0, 0.05) is 19.6 Å². The zero-order valence-electron chi connectivity index (χ0n) is 9.96. The molecule has 0 radical (unpaired) electrons. The molecular formula is C12H18N2O2S. The van der Waals surface area contributed by atoms with Crippen molar-refractivity contribution in [3.8, 4) is 0 Å². The van der Waals surface area contributed by atoms with E-state index in [9.17, 15) is 8.42 Å². The van der Waals surface area contributed by atoms with Crippen molar-refractivity contribution < 1.29 is 8.42 Å². The monoisotopic (exact) mass is 254 g/mol. The van der Waals surface area contributed by atoms with Crippen molar-refractivity contribution in [1.82, 2.24) is 4.31 Å². The molecule has 4 nitrogen and oxygen atoms in total. The Labute approximate surface area is 102 Å². The SMILES string of the molecule is Cc1cccc(CN2CC[C@@H](CN)S2(=O)=O)c1. The van der Waals surface area contributed by atoms with Gasteiger partial charge in [-0.15, -0.1) is 0 Å². The van der Waals surface area contributed by atoms with Gasteiger partial charge in [0.2, 0.25) is 10.0 Å². The molecule has 1 aromatic rings. The summed E-state index contributed by atoms with van der Waals surface area (Å²) in [6.45, 7) is 3.26. The lowest BCUT2D eigenvalue weighted by Gasteiger charge is -2.16. The predicted octanol–water partition coefficient (Wildman–Crippen LogP) is 0.858. The van der Waals surface area contributed by atoms with E-state index in [4.69, 9.17) is 5.73 Å². The zero-order chi connectivity index (χ0) is 12.5. The second-order valence-electron chi connectivity index (χ2n) is 4.51. The second-order valence-corrected chi connectivity index (χ2v) is 6.73. The van der Waals surface area contributed by atoms with Crippen LogP contribution in [0.1, 0.15) is 17.5 Å². The summed E-state index contributed by atoms with van der Waals surface area (Å²) in [5.41, 5.74) is 7.66. The average molecular weight is 254 g/mol. The second kappa shape index (κ2) is 4.76. The number of nitrogens with two attached hydrogens (primary N) is 1. The Morgan fingerprint density at radius 1 is 1.47 bits per heavy atom. The smallest absolute Gasteiger partial charge is 0.218 e. The topological polar surface area (TPSA) is 63.4 Å². The first kappa shape index (κ1) is 12.5. The van der Waals surface area contributed by atoms with Crippen molar-refractivity contribution in [3.05, 3.63) is 35.4 Å². The number of hydrogen-bond donors (Lipinski definition) is 1. The molecule has 0 amide bonds. The van der Waals surface area contributed by atoms with Crippen molar-refractivity contribution in [2.24, 2.45) is 5.73 Å². The van der Waals surface area contributed by atoms with Gasteiger partial charge in [0.05, 0.1) is 5.25 Å². The van der Waals surface area contributed by atoms with Crippen LogP contribution >= 0.6 is 0 Å². The summed E-state index contributed by atoms with van der Waals surface area (Å²) in [6, 6.07) is 7.93. The number of benzene rings is 1. The molecule has 0 saturated carbocycles. The van der Waals surface area contributed by atoms with Crippen LogP contribution < -0.4 is 5.73 Å². The van der Waals surface area contributed by atoms with Crippen LogP contribution in [0, 0.1) is 6.92 Å². The fourth-order valence-corrected chi connectivity index (χ4v) is 3.95. The molecule has 5 heteroatoms. The molecule has 0 aromatic heterocycles. The molecule has 94 valence electrons. The van der Waals surface area contributed by atoms with Gasteiger partial charge in [-0.25, -0.2) is 8.42 Å². The minimum absolute atomic E-state index is 0.215. The largest absolute Gasteiger partial charge is 0.329 e. The van der Waals surface area contributed by atoms with Crippen LogP contribution in [-0.4, -0.2) is 31.1 Å². The van der Waals surface area contributed by atoms with Crippen LogP contribution in [0.5, 0.6) is 0 Å². The van der Waals surface area contributed by atoms with E-state index in [1.54, 1.807) is 4.31 Å². The first-order chi connectivity index (χ1) is 8.04. The third-order valence-electron chi connectivity index (χ3n) is 3.19. The Morgan fingerprint density at radius 2 is 2.24 bits per heavy atom. The van der Waals surface area contributed by atoms with Crippen molar-refractivity contribution >= 4 is 10.0 Å². The molecule has 17 heavy (non-hydrogen) atoms. The molecule has 0 aliphatic carbocycles. The van der Waals surface area contributed by atoms with E-state index in [0.717, 1.165) is 11.1 Å². The maximum atomic E-state index is 12.1. The van der Waals surface area contributed by atoms with Gasteiger partial charge in [0.15, 0.2) is 0 Å². The van der Waals surface area contributed by atoms with Crippen molar-refractivity contribution in [1.29, 1.82) is 0 Å². The summed E-state index contributed by atoms with van der Waals surface area (Å²) >= 11 is 0. The fraction of sp³-hybridized carbons (Fsp3) is 0.500. The minimum atomic E-state index is -3.18. The summed E-state index contributed by atoms with van der Waals surface area (Å²) in [4.78, 5) is 0. The number of hydrogen-bond acceptors (Lipinski definition) is 3. The average Bonchev–Trinajstić information content (AvgIpc) is 2.54. The molecule has 1 aliphatic rings. The van der Waals surface area contributed by atoms with Gasteiger partial charge in [0.1, 0.15) is 0 Å². The van der Waals surface area contributed by atoms with E-state index in [1.807, 2.05) is 31.2 Å². The highest BCUT2D eigenvalue weighted by Gasteiger charge is 2.37. The van der Waals surface area contributed by atoms with E-state index in [2.05, 4.69) is 0 Å². The highest BCUT2D eigenvalue weighted by atomic mass is 32.2. The van der Waals surface area contributed by atoms with Crippen molar-refractivity contribution in [2.45, 2.75) is 25.1 Å². The molecule has 1 atom stereocenters. The van der Waals surface area contributed by atoms with E-state index >= 15 is 0 Å². The van der Waals surface area contributed by atoms with Gasteiger partial charge in [-0.2, -0.15) is 4.31 Å². The van der Waals surface area contributed by atoms with Crippen LogP contribution in [0.4, 0.5) is 0 Å². The maximum absolute atomic E-state index is 12.1. The Balaban J connectivity index is 2.16. The molecule has 1 saturated heterocycles. The molecule has 0 unspecified atom stereocenters. The molecule has 1 heterocycles. The van der Waals surface area contributed by atoms with Crippen molar-refractivity contribution in [3.63, 3.8) is 0 Å². The van der Waals surface area contributed by atoms with Gasteiger partial charge >= 0.3 is 0 Å². The van der Waals surface area contributed by atoms with Crippen LogP contribution in [0.15, 0.2) is 24.3 Å². The van der Waals surface area contributed by atoms with Gasteiger partial charge < -0.3 is 5.73 Å². The minimum Gasteiger partial charge on any atom is -0.329 e. The summed E-state index contributed by atoms with van der Waals surface area (Å²) in [5.74, 6) is 0. The molecule has 1 fully saturated rings. The summed E-state index contributed by atoms with van der Waals surface area (Å²) < 4.78 is 25.7. The van der Waals surface area contributed by atoms with Crippen LogP contribution in [0.2, 0.25) is 0 Å². The van der Waals surface area contributed by atoms with E-state index in [0.29, 0.717) is 19.5 Å². The highest BCUT2D eigenvalue weighted by molar-refractivity contribution is 7.90. The molecular weight excluding hydrogens is 236 g/mol. The quantitative estimate of drug-likeness (QED) is 0.870. The van der Waals surface area contributed by atoms with Gasteiger partial charge in [0.25, 0.3) is 0 Å². The van der Waals surface area contributed by atoms with Crippen LogP contribution in [-0.2, 0) is 16.6 Å². The lowest BCUT2D eigenvalue weighted by molar-refractivity contribution is 0.439. The Bertz CT molecular complexity index is 499. The lowest BCUT2D eigenvalue weighted by Crippen LogP contribution is -2.32.